The van der Waals surface area contributed by atoms with Gasteiger partial charge < -0.3 is 10.4 Å². The lowest BCUT2D eigenvalue weighted by atomic mass is 10.1. The van der Waals surface area contributed by atoms with E-state index in [0.29, 0.717) is 35.0 Å². The van der Waals surface area contributed by atoms with Crippen molar-refractivity contribution in [2.45, 2.75) is 27.2 Å². The molecule has 138 valence electrons. The number of nitrogens with zero attached hydrogens (tertiary/aromatic N) is 3. The minimum absolute atomic E-state index is 0.0715. The van der Waals surface area contributed by atoms with Crippen molar-refractivity contribution in [2.24, 2.45) is 0 Å². The summed E-state index contributed by atoms with van der Waals surface area (Å²) in [4.78, 5) is 24.1. The zero-order valence-corrected chi connectivity index (χ0v) is 15.4. The summed E-state index contributed by atoms with van der Waals surface area (Å²) in [6.07, 6.45) is 0.642. The lowest BCUT2D eigenvalue weighted by Gasteiger charge is -2.12. The first-order chi connectivity index (χ1) is 12.9. The van der Waals surface area contributed by atoms with Gasteiger partial charge in [0, 0.05) is 17.7 Å². The normalized spacial score (nSPS) is 10.6. The Kier molecular flexibility index (Phi) is 5.03. The topological polar surface area (TPSA) is 97.1 Å². The molecule has 0 saturated heterocycles. The number of carboxylic acid groups (broad SMARTS) is 1. The molecule has 27 heavy (non-hydrogen) atoms. The van der Waals surface area contributed by atoms with Crippen LogP contribution in [0, 0.1) is 13.8 Å². The SMILES string of the molecule is CCc1nnc(C)n1-c1cc(NC(=O)c2cccc(C)c2)cc(C(=O)O)c1. The molecule has 0 bridgehead atoms. The van der Waals surface area contributed by atoms with Crippen LogP contribution in [0.25, 0.3) is 5.69 Å². The van der Waals surface area contributed by atoms with Gasteiger partial charge in [0.1, 0.15) is 11.6 Å². The molecular weight excluding hydrogens is 344 g/mol. The summed E-state index contributed by atoms with van der Waals surface area (Å²) in [6.45, 7) is 5.65. The lowest BCUT2D eigenvalue weighted by Crippen LogP contribution is -2.13. The van der Waals surface area contributed by atoms with Crippen LogP contribution in [0.2, 0.25) is 0 Å². The zero-order valence-electron chi connectivity index (χ0n) is 15.4. The summed E-state index contributed by atoms with van der Waals surface area (Å²) in [5, 5.41) is 20.4. The van der Waals surface area contributed by atoms with Gasteiger partial charge in [-0.15, -0.1) is 10.2 Å². The number of carboxylic acids is 1. The second-order valence-corrected chi connectivity index (χ2v) is 6.25. The third-order valence-corrected chi connectivity index (χ3v) is 4.17. The summed E-state index contributed by atoms with van der Waals surface area (Å²) in [6, 6.07) is 11.9. The molecule has 0 saturated carbocycles. The van der Waals surface area contributed by atoms with E-state index in [2.05, 4.69) is 15.5 Å². The van der Waals surface area contributed by atoms with Gasteiger partial charge in [0.15, 0.2) is 0 Å². The van der Waals surface area contributed by atoms with Crippen LogP contribution in [0.1, 0.15) is 44.9 Å². The number of anilines is 1. The van der Waals surface area contributed by atoms with Crippen LogP contribution < -0.4 is 5.32 Å². The molecule has 7 heteroatoms. The van der Waals surface area contributed by atoms with Gasteiger partial charge in [0.25, 0.3) is 5.91 Å². The van der Waals surface area contributed by atoms with Gasteiger partial charge in [-0.05, 0) is 44.2 Å². The molecule has 3 aromatic rings. The number of aryl methyl sites for hydroxylation is 3. The van der Waals surface area contributed by atoms with Crippen molar-refractivity contribution in [3.8, 4) is 5.69 Å². The van der Waals surface area contributed by atoms with Crippen molar-refractivity contribution in [1.29, 1.82) is 0 Å². The standard InChI is InChI=1S/C20H20N4O3/c1-4-18-23-22-13(3)24(18)17-10-15(20(26)27)9-16(11-17)21-19(25)14-7-5-6-12(2)8-14/h5-11H,4H2,1-3H3,(H,21,25)(H,26,27). The van der Waals surface area contributed by atoms with E-state index in [4.69, 9.17) is 0 Å². The van der Waals surface area contributed by atoms with Crippen LogP contribution in [0.15, 0.2) is 42.5 Å². The van der Waals surface area contributed by atoms with Crippen molar-refractivity contribution < 1.29 is 14.7 Å². The Balaban J connectivity index is 2.03. The molecule has 3 rings (SSSR count). The van der Waals surface area contributed by atoms with Crippen molar-refractivity contribution >= 4 is 17.6 Å². The zero-order chi connectivity index (χ0) is 19.6. The maximum Gasteiger partial charge on any atom is 0.335 e. The molecule has 2 aromatic carbocycles. The number of nitrogens with one attached hydrogen (secondary N) is 1. The van der Waals surface area contributed by atoms with E-state index < -0.39 is 5.97 Å². The Morgan fingerprint density at radius 1 is 1.07 bits per heavy atom. The predicted molar refractivity (Wildman–Crippen MR) is 102 cm³/mol. The summed E-state index contributed by atoms with van der Waals surface area (Å²) in [7, 11) is 0. The van der Waals surface area contributed by atoms with Crippen LogP contribution >= 0.6 is 0 Å². The van der Waals surface area contributed by atoms with Crippen LogP contribution in [0.4, 0.5) is 5.69 Å². The molecular formula is C20H20N4O3. The van der Waals surface area contributed by atoms with Gasteiger partial charge in [-0.1, -0.05) is 24.6 Å². The largest absolute Gasteiger partial charge is 0.478 e. The first-order valence-electron chi connectivity index (χ1n) is 8.56. The Hall–Kier alpha value is -3.48. The number of hydrogen-bond donors (Lipinski definition) is 2. The third-order valence-electron chi connectivity index (χ3n) is 4.17. The van der Waals surface area contributed by atoms with E-state index in [0.717, 1.165) is 5.56 Å². The maximum atomic E-state index is 12.5. The minimum atomic E-state index is -1.08. The highest BCUT2D eigenvalue weighted by Crippen LogP contribution is 2.22. The molecule has 0 radical (unpaired) electrons. The van der Waals surface area contributed by atoms with Crippen LogP contribution in [0.3, 0.4) is 0 Å². The molecule has 0 unspecified atom stereocenters. The summed E-state index contributed by atoms with van der Waals surface area (Å²) >= 11 is 0. The maximum absolute atomic E-state index is 12.5. The monoisotopic (exact) mass is 364 g/mol. The summed E-state index contributed by atoms with van der Waals surface area (Å²) in [5.41, 5.74) is 2.53. The van der Waals surface area contributed by atoms with Gasteiger partial charge in [-0.25, -0.2) is 4.79 Å². The molecule has 1 heterocycles. The van der Waals surface area contributed by atoms with Crippen molar-refractivity contribution in [1.82, 2.24) is 14.8 Å². The first kappa shape index (κ1) is 18.3. The molecule has 2 N–H and O–H groups in total. The van der Waals surface area contributed by atoms with Crippen molar-refractivity contribution in [2.75, 3.05) is 5.32 Å². The highest BCUT2D eigenvalue weighted by molar-refractivity contribution is 6.05. The molecule has 7 nitrogen and oxygen atoms in total. The average Bonchev–Trinajstić information content (AvgIpc) is 3.02. The molecule has 0 fully saturated rings. The molecule has 0 spiro atoms. The fraction of sp³-hybridized carbons (Fsp3) is 0.200. The second kappa shape index (κ2) is 7.41. The number of aromatic carboxylic acids is 1. The van der Waals surface area contributed by atoms with Crippen molar-refractivity contribution in [3.63, 3.8) is 0 Å². The third kappa shape index (κ3) is 3.87. The Bertz CT molecular complexity index is 1020. The van der Waals surface area contributed by atoms with Gasteiger partial charge in [0.2, 0.25) is 0 Å². The summed E-state index contributed by atoms with van der Waals surface area (Å²) < 4.78 is 1.79. The molecule has 0 aliphatic rings. The second-order valence-electron chi connectivity index (χ2n) is 6.25. The van der Waals surface area contributed by atoms with E-state index >= 15 is 0 Å². The van der Waals surface area contributed by atoms with E-state index in [9.17, 15) is 14.7 Å². The Labute approximate surface area is 156 Å². The van der Waals surface area contributed by atoms with Crippen molar-refractivity contribution in [3.05, 3.63) is 70.8 Å². The Morgan fingerprint density at radius 2 is 1.85 bits per heavy atom. The minimum Gasteiger partial charge on any atom is -0.478 e. The van der Waals surface area contributed by atoms with Gasteiger partial charge in [-0.2, -0.15) is 0 Å². The highest BCUT2D eigenvalue weighted by atomic mass is 16.4. The number of carbonyl (C=O) groups is 2. The van der Waals surface area contributed by atoms with E-state index in [1.165, 1.54) is 6.07 Å². The summed E-state index contributed by atoms with van der Waals surface area (Å²) in [5.74, 6) is -0.0218. The van der Waals surface area contributed by atoms with Crippen LogP contribution in [-0.2, 0) is 6.42 Å². The number of benzene rings is 2. The van der Waals surface area contributed by atoms with E-state index in [1.807, 2.05) is 19.9 Å². The number of hydrogen-bond acceptors (Lipinski definition) is 4. The first-order valence-corrected chi connectivity index (χ1v) is 8.56. The van der Waals surface area contributed by atoms with E-state index in [1.54, 1.807) is 41.8 Å². The van der Waals surface area contributed by atoms with E-state index in [-0.39, 0.29) is 11.5 Å². The van der Waals surface area contributed by atoms with Gasteiger partial charge in [0.05, 0.1) is 11.3 Å². The number of carbonyl (C=O) groups excluding carboxylic acids is 1. The molecule has 1 amide bonds. The quantitative estimate of drug-likeness (QED) is 0.723. The predicted octanol–water partition coefficient (Wildman–Crippen LogP) is 3.40. The molecule has 0 atom stereocenters. The lowest BCUT2D eigenvalue weighted by molar-refractivity contribution is 0.0696. The Morgan fingerprint density at radius 3 is 2.52 bits per heavy atom. The number of amides is 1. The molecule has 0 aliphatic carbocycles. The highest BCUT2D eigenvalue weighted by Gasteiger charge is 2.15. The van der Waals surface area contributed by atoms with Crippen LogP contribution in [0.5, 0.6) is 0 Å². The van der Waals surface area contributed by atoms with Crippen LogP contribution in [-0.4, -0.2) is 31.7 Å². The fourth-order valence-corrected chi connectivity index (χ4v) is 2.90. The van der Waals surface area contributed by atoms with Gasteiger partial charge >= 0.3 is 5.97 Å². The number of rotatable bonds is 5. The molecule has 1 aromatic heterocycles. The smallest absolute Gasteiger partial charge is 0.335 e. The van der Waals surface area contributed by atoms with Gasteiger partial charge in [-0.3, -0.25) is 9.36 Å². The number of aromatic nitrogens is 3. The average molecular weight is 364 g/mol. The molecule has 0 aliphatic heterocycles. The fourth-order valence-electron chi connectivity index (χ4n) is 2.90.